The molecule has 0 aromatic carbocycles. The smallest absolute Gasteiger partial charge is 0.345 e. The van der Waals surface area contributed by atoms with Crippen molar-refractivity contribution < 1.29 is 14.5 Å². The lowest BCUT2D eigenvalue weighted by molar-refractivity contribution is -0.524. The summed E-state index contributed by atoms with van der Waals surface area (Å²) in [5, 5.41) is 11.6. The van der Waals surface area contributed by atoms with Crippen LogP contribution in [-0.4, -0.2) is 41.1 Å². The van der Waals surface area contributed by atoms with E-state index in [1.54, 1.807) is 0 Å². The second-order valence-corrected chi connectivity index (χ2v) is 2.68. The van der Waals surface area contributed by atoms with Crippen LogP contribution in [0.1, 0.15) is 13.3 Å². The first kappa shape index (κ1) is 8.04. The predicted molar refractivity (Wildman–Crippen MR) is 40.9 cm³/mol. The fraction of sp³-hybridized carbons (Fsp3) is 0.714. The van der Waals surface area contributed by atoms with Gasteiger partial charge in [0.2, 0.25) is 5.84 Å². The second kappa shape index (κ2) is 3.37. The quantitative estimate of drug-likeness (QED) is 0.531. The maximum Gasteiger partial charge on any atom is 0.345 e. The first-order valence-corrected chi connectivity index (χ1v) is 3.74. The molecule has 1 rings (SSSR count). The molecule has 0 fully saturated rings. The Morgan fingerprint density at radius 1 is 1.82 bits per heavy atom. The van der Waals surface area contributed by atoms with Crippen molar-refractivity contribution in [1.82, 2.24) is 5.32 Å². The molecule has 1 aliphatic rings. The van der Waals surface area contributed by atoms with Crippen molar-refractivity contribution in [3.63, 3.8) is 0 Å². The lowest BCUT2D eigenvalue weighted by atomic mass is 10.3. The van der Waals surface area contributed by atoms with Crippen LogP contribution in [0, 0.1) is 0 Å². The van der Waals surface area contributed by atoms with Crippen LogP contribution in [0.3, 0.4) is 0 Å². The van der Waals surface area contributed by atoms with Crippen molar-refractivity contribution in [2.24, 2.45) is 0 Å². The Balaban J connectivity index is 2.59. The van der Waals surface area contributed by atoms with Crippen molar-refractivity contribution in [2.45, 2.75) is 13.3 Å². The van der Waals surface area contributed by atoms with Gasteiger partial charge in [-0.25, -0.2) is 4.79 Å². The van der Waals surface area contributed by atoms with Gasteiger partial charge in [-0.05, 0) is 0 Å². The number of hydrogen-bond donors (Lipinski definition) is 2. The lowest BCUT2D eigenvalue weighted by Crippen LogP contribution is -2.40. The number of hydrogen-bond acceptors (Lipinski definition) is 2. The average molecular weight is 157 g/mol. The molecule has 0 amide bonds. The van der Waals surface area contributed by atoms with Gasteiger partial charge in [0.15, 0.2) is 6.54 Å². The molecule has 1 heterocycles. The van der Waals surface area contributed by atoms with Crippen molar-refractivity contribution >= 4 is 11.8 Å². The summed E-state index contributed by atoms with van der Waals surface area (Å²) in [6.45, 7) is 3.83. The van der Waals surface area contributed by atoms with Gasteiger partial charge < -0.3 is 5.11 Å². The molecule has 11 heavy (non-hydrogen) atoms. The van der Waals surface area contributed by atoms with Crippen molar-refractivity contribution in [1.29, 1.82) is 0 Å². The number of nitrogens with zero attached hydrogens (tertiary/aromatic N) is 1. The van der Waals surface area contributed by atoms with Crippen LogP contribution in [0.15, 0.2) is 0 Å². The SMILES string of the molecule is CC1=[N+](CC(=O)O)CCCN1. The molecule has 4 heteroatoms. The number of nitrogens with one attached hydrogen (secondary N) is 1. The molecule has 0 saturated carbocycles. The zero-order chi connectivity index (χ0) is 8.27. The number of carboxylic acids is 1. The monoisotopic (exact) mass is 157 g/mol. The summed E-state index contributed by atoms with van der Waals surface area (Å²) in [7, 11) is 0. The van der Waals surface area contributed by atoms with E-state index in [-0.39, 0.29) is 6.54 Å². The van der Waals surface area contributed by atoms with Gasteiger partial charge >= 0.3 is 5.97 Å². The molecule has 0 unspecified atom stereocenters. The lowest BCUT2D eigenvalue weighted by Gasteiger charge is -2.13. The van der Waals surface area contributed by atoms with Gasteiger partial charge in [0.1, 0.15) is 0 Å². The van der Waals surface area contributed by atoms with Crippen molar-refractivity contribution in [3.8, 4) is 0 Å². The number of carboxylic acid groups (broad SMARTS) is 1. The highest BCUT2D eigenvalue weighted by Crippen LogP contribution is 1.90. The largest absolute Gasteiger partial charge is 0.478 e. The Labute approximate surface area is 65.5 Å². The van der Waals surface area contributed by atoms with Gasteiger partial charge in [-0.15, -0.1) is 0 Å². The third-order valence-corrected chi connectivity index (χ3v) is 1.79. The van der Waals surface area contributed by atoms with E-state index in [1.165, 1.54) is 0 Å². The number of rotatable bonds is 2. The Kier molecular flexibility index (Phi) is 2.46. The van der Waals surface area contributed by atoms with Crippen LogP contribution in [-0.2, 0) is 4.79 Å². The zero-order valence-electron chi connectivity index (χ0n) is 6.63. The summed E-state index contributed by atoms with van der Waals surface area (Å²) in [5.41, 5.74) is 0. The normalized spacial score (nSPS) is 17.9. The summed E-state index contributed by atoms with van der Waals surface area (Å²) in [6, 6.07) is 0. The minimum Gasteiger partial charge on any atom is -0.478 e. The van der Waals surface area contributed by atoms with Gasteiger partial charge in [-0.3, -0.25) is 9.89 Å². The summed E-state index contributed by atoms with van der Waals surface area (Å²) in [5.74, 6) is 0.201. The minimum atomic E-state index is -0.770. The van der Waals surface area contributed by atoms with E-state index in [2.05, 4.69) is 5.32 Å². The maximum absolute atomic E-state index is 10.3. The first-order chi connectivity index (χ1) is 5.20. The molecule has 0 aromatic heterocycles. The van der Waals surface area contributed by atoms with Crippen LogP contribution in [0.4, 0.5) is 0 Å². The summed E-state index contributed by atoms with van der Waals surface area (Å²) >= 11 is 0. The fourth-order valence-corrected chi connectivity index (χ4v) is 1.18. The van der Waals surface area contributed by atoms with Crippen LogP contribution in [0.25, 0.3) is 0 Å². The number of aliphatic carboxylic acids is 1. The van der Waals surface area contributed by atoms with Gasteiger partial charge in [0, 0.05) is 13.3 Å². The molecule has 0 radical (unpaired) electrons. The summed E-state index contributed by atoms with van der Waals surface area (Å²) < 4.78 is 1.84. The summed E-state index contributed by atoms with van der Waals surface area (Å²) in [4.78, 5) is 10.3. The van der Waals surface area contributed by atoms with Crippen LogP contribution in [0.2, 0.25) is 0 Å². The Hall–Kier alpha value is -1.06. The van der Waals surface area contributed by atoms with E-state index in [0.717, 1.165) is 25.3 Å². The van der Waals surface area contributed by atoms with E-state index in [1.807, 2.05) is 11.5 Å². The number of amidine groups is 1. The maximum atomic E-state index is 10.3. The van der Waals surface area contributed by atoms with Gasteiger partial charge in [0.05, 0.1) is 13.1 Å². The highest BCUT2D eigenvalue weighted by Gasteiger charge is 2.15. The van der Waals surface area contributed by atoms with Crippen molar-refractivity contribution in [2.75, 3.05) is 19.6 Å². The molecule has 0 atom stereocenters. The van der Waals surface area contributed by atoms with Crippen LogP contribution >= 0.6 is 0 Å². The highest BCUT2D eigenvalue weighted by molar-refractivity contribution is 5.76. The van der Waals surface area contributed by atoms with E-state index >= 15 is 0 Å². The Morgan fingerprint density at radius 3 is 3.09 bits per heavy atom. The molecule has 0 bridgehead atoms. The predicted octanol–water partition coefficient (Wildman–Crippen LogP) is -0.505. The van der Waals surface area contributed by atoms with Gasteiger partial charge in [0.25, 0.3) is 0 Å². The van der Waals surface area contributed by atoms with E-state index in [9.17, 15) is 4.79 Å². The minimum absolute atomic E-state index is 0.110. The molecule has 0 spiro atoms. The number of carbonyl (C=O) groups is 1. The molecule has 0 aromatic rings. The molecular formula is C7H13N2O2+. The third kappa shape index (κ3) is 2.22. The first-order valence-electron chi connectivity index (χ1n) is 3.74. The van der Waals surface area contributed by atoms with Gasteiger partial charge in [-0.1, -0.05) is 0 Å². The molecular weight excluding hydrogens is 144 g/mol. The molecule has 4 nitrogen and oxygen atoms in total. The van der Waals surface area contributed by atoms with E-state index in [4.69, 9.17) is 5.11 Å². The van der Waals surface area contributed by atoms with Crippen LogP contribution in [0.5, 0.6) is 0 Å². The van der Waals surface area contributed by atoms with Crippen LogP contribution < -0.4 is 5.32 Å². The summed E-state index contributed by atoms with van der Waals surface area (Å²) in [6.07, 6.45) is 1.02. The Morgan fingerprint density at radius 2 is 2.55 bits per heavy atom. The standard InChI is InChI=1S/C7H12N2O2/c1-6-8-3-2-4-9(6)5-7(10)11/h2-5H2,1H3,(H,10,11)/p+1. The molecule has 1 aliphatic heterocycles. The molecule has 62 valence electrons. The topological polar surface area (TPSA) is 52.3 Å². The molecule has 0 aliphatic carbocycles. The second-order valence-electron chi connectivity index (χ2n) is 2.68. The molecule has 0 saturated heterocycles. The van der Waals surface area contributed by atoms with Gasteiger partial charge in [-0.2, -0.15) is 0 Å². The zero-order valence-corrected chi connectivity index (χ0v) is 6.63. The van der Waals surface area contributed by atoms with Crippen molar-refractivity contribution in [3.05, 3.63) is 0 Å². The molecule has 2 N–H and O–H groups in total. The Bertz CT molecular complexity index is 199. The van der Waals surface area contributed by atoms with E-state index in [0.29, 0.717) is 0 Å². The highest BCUT2D eigenvalue weighted by atomic mass is 16.4. The fourth-order valence-electron chi connectivity index (χ4n) is 1.18. The van der Waals surface area contributed by atoms with E-state index < -0.39 is 5.97 Å². The average Bonchev–Trinajstić information content (AvgIpc) is 1.93. The third-order valence-electron chi connectivity index (χ3n) is 1.79.